The molecule has 2 nitrogen and oxygen atoms in total. The minimum atomic E-state index is -4.95. The van der Waals surface area contributed by atoms with E-state index < -0.39 is 25.9 Å². The molecule has 8 heteroatoms. The Labute approximate surface area is 122 Å². The van der Waals surface area contributed by atoms with E-state index in [4.69, 9.17) is 0 Å². The first-order chi connectivity index (χ1) is 9.85. The number of nitrogens with zero attached hydrogens (tertiary/aromatic N) is 2. The van der Waals surface area contributed by atoms with Crippen LogP contribution >= 0.6 is 0 Å². The highest BCUT2D eigenvalue weighted by molar-refractivity contribution is 6.58. The van der Waals surface area contributed by atoms with E-state index in [1.54, 1.807) is 4.90 Å². The van der Waals surface area contributed by atoms with Crippen LogP contribution in [0.2, 0.25) is 0 Å². The molecule has 0 aromatic rings. The van der Waals surface area contributed by atoms with Crippen molar-refractivity contribution >= 4 is 6.98 Å². The maximum Gasteiger partial charge on any atom is 0.492 e. The summed E-state index contributed by atoms with van der Waals surface area (Å²) in [6.45, 7) is -3.96. The molecule has 0 aromatic heterocycles. The van der Waals surface area contributed by atoms with Gasteiger partial charge in [-0.05, 0) is 25.2 Å². The average Bonchev–Trinajstić information content (AvgIpc) is 2.40. The van der Waals surface area contributed by atoms with Crippen LogP contribution in [-0.2, 0) is 0 Å². The van der Waals surface area contributed by atoms with E-state index in [1.165, 1.54) is 6.42 Å². The van der Waals surface area contributed by atoms with E-state index in [0.717, 1.165) is 30.6 Å². The van der Waals surface area contributed by atoms with Crippen molar-refractivity contribution in [1.29, 1.82) is 0 Å². The van der Waals surface area contributed by atoms with Crippen LogP contribution in [0.4, 0.5) is 21.7 Å². The van der Waals surface area contributed by atoms with Crippen LogP contribution in [-0.4, -0.2) is 61.9 Å². The summed E-state index contributed by atoms with van der Waals surface area (Å²) in [4.78, 5) is 2.86. The van der Waals surface area contributed by atoms with Gasteiger partial charge in [-0.2, -0.15) is 0 Å². The van der Waals surface area contributed by atoms with Crippen molar-refractivity contribution in [1.82, 2.24) is 9.80 Å². The van der Waals surface area contributed by atoms with Gasteiger partial charge in [0.15, 0.2) is 0 Å². The molecule has 1 aliphatic carbocycles. The molecule has 0 amide bonds. The Morgan fingerprint density at radius 2 is 1.67 bits per heavy atom. The van der Waals surface area contributed by atoms with Gasteiger partial charge >= 0.3 is 6.98 Å². The first-order valence-corrected chi connectivity index (χ1v) is 7.81. The maximum absolute atomic E-state index is 13.2. The summed E-state index contributed by atoms with van der Waals surface area (Å²) in [7, 11) is 0. The normalized spacial score (nSPS) is 27.4. The molecule has 124 valence electrons. The molecule has 0 aromatic carbocycles. The van der Waals surface area contributed by atoms with Crippen molar-refractivity contribution in [3.8, 4) is 0 Å². The lowest BCUT2D eigenvalue weighted by Crippen LogP contribution is -2.58. The smallest absolute Gasteiger partial charge is 0.448 e. The number of hydrogen-bond acceptors (Lipinski definition) is 2. The van der Waals surface area contributed by atoms with Crippen molar-refractivity contribution < 1.29 is 21.7 Å². The Morgan fingerprint density at radius 1 is 1.00 bits per heavy atom. The number of alkyl halides is 2. The standard InChI is InChI=1S/C13H23BF5N2/c15-13(16)12-9-20(10-14(17,18)19)6-7-21(12)8-11-4-2-1-3-5-11/h11-13H,1-10H2/q-1/t12-/m1/s1. The van der Waals surface area contributed by atoms with Gasteiger partial charge in [0.05, 0.1) is 6.04 Å². The zero-order valence-electron chi connectivity index (χ0n) is 12.2. The van der Waals surface area contributed by atoms with E-state index >= 15 is 0 Å². The molecular weight excluding hydrogens is 290 g/mol. The Kier molecular flexibility index (Phi) is 5.88. The van der Waals surface area contributed by atoms with Gasteiger partial charge in [-0.1, -0.05) is 19.3 Å². The number of piperazine rings is 1. The quantitative estimate of drug-likeness (QED) is 0.568. The van der Waals surface area contributed by atoms with Crippen LogP contribution in [0.15, 0.2) is 0 Å². The Morgan fingerprint density at radius 3 is 2.24 bits per heavy atom. The third-order valence-electron chi connectivity index (χ3n) is 4.59. The lowest BCUT2D eigenvalue weighted by molar-refractivity contribution is -0.0298. The van der Waals surface area contributed by atoms with Gasteiger partial charge in [0.1, 0.15) is 0 Å². The molecular formula is C13H23BF5N2-. The summed E-state index contributed by atoms with van der Waals surface area (Å²) in [5.74, 6) is 0.429. The molecule has 1 aliphatic heterocycles. The molecule has 21 heavy (non-hydrogen) atoms. The molecule has 2 aliphatic rings. The minimum Gasteiger partial charge on any atom is -0.448 e. The molecule has 1 saturated carbocycles. The molecule has 1 saturated heterocycles. The zero-order chi connectivity index (χ0) is 15.5. The predicted molar refractivity (Wildman–Crippen MR) is 73.5 cm³/mol. The van der Waals surface area contributed by atoms with Crippen molar-refractivity contribution in [3.63, 3.8) is 0 Å². The van der Waals surface area contributed by atoms with Crippen molar-refractivity contribution in [2.24, 2.45) is 5.92 Å². The summed E-state index contributed by atoms with van der Waals surface area (Å²) in [5.41, 5.74) is 0. The van der Waals surface area contributed by atoms with Crippen molar-refractivity contribution in [2.45, 2.75) is 44.6 Å². The molecule has 1 atom stereocenters. The van der Waals surface area contributed by atoms with Crippen LogP contribution in [0, 0.1) is 5.92 Å². The minimum absolute atomic E-state index is 0.175. The van der Waals surface area contributed by atoms with Gasteiger partial charge in [-0.15, -0.1) is 0 Å². The zero-order valence-corrected chi connectivity index (χ0v) is 12.2. The fraction of sp³-hybridized carbons (Fsp3) is 1.00. The van der Waals surface area contributed by atoms with Gasteiger partial charge in [0.2, 0.25) is 0 Å². The first kappa shape index (κ1) is 17.0. The Hall–Kier alpha value is -0.365. The predicted octanol–water partition coefficient (Wildman–Crippen LogP) is 3.20. The number of rotatable bonds is 5. The molecule has 2 fully saturated rings. The molecule has 1 heterocycles. The summed E-state index contributed by atoms with van der Waals surface area (Å²) in [6.07, 6.45) is 1.98. The molecule has 0 spiro atoms. The van der Waals surface area contributed by atoms with E-state index in [2.05, 4.69) is 0 Å². The molecule has 0 N–H and O–H groups in total. The summed E-state index contributed by atoms with van der Waals surface area (Å²) < 4.78 is 63.7. The topological polar surface area (TPSA) is 6.48 Å². The van der Waals surface area contributed by atoms with Crippen LogP contribution in [0.3, 0.4) is 0 Å². The maximum atomic E-state index is 13.2. The fourth-order valence-electron chi connectivity index (χ4n) is 3.53. The second-order valence-corrected chi connectivity index (χ2v) is 6.37. The molecule has 0 radical (unpaired) electrons. The first-order valence-electron chi connectivity index (χ1n) is 7.81. The fourth-order valence-corrected chi connectivity index (χ4v) is 3.53. The third kappa shape index (κ3) is 5.40. The number of hydrogen-bond donors (Lipinski definition) is 0. The van der Waals surface area contributed by atoms with Gasteiger partial charge in [-0.3, -0.25) is 4.90 Å². The van der Waals surface area contributed by atoms with Gasteiger partial charge < -0.3 is 17.8 Å². The van der Waals surface area contributed by atoms with Crippen molar-refractivity contribution in [3.05, 3.63) is 0 Å². The molecule has 0 bridgehead atoms. The van der Waals surface area contributed by atoms with Gasteiger partial charge in [0.25, 0.3) is 6.43 Å². The van der Waals surface area contributed by atoms with Gasteiger partial charge in [0, 0.05) is 26.2 Å². The summed E-state index contributed by atoms with van der Waals surface area (Å²) in [5, 5.41) is 0. The van der Waals surface area contributed by atoms with Crippen molar-refractivity contribution in [2.75, 3.05) is 32.6 Å². The Bertz CT molecular complexity index is 320. The third-order valence-corrected chi connectivity index (χ3v) is 4.59. The van der Waals surface area contributed by atoms with E-state index in [9.17, 15) is 21.7 Å². The van der Waals surface area contributed by atoms with Crippen LogP contribution < -0.4 is 0 Å². The second-order valence-electron chi connectivity index (χ2n) is 6.37. The highest BCUT2D eigenvalue weighted by Gasteiger charge is 2.37. The summed E-state index contributed by atoms with van der Waals surface area (Å²) in [6, 6.07) is -1.06. The van der Waals surface area contributed by atoms with E-state index in [1.807, 2.05) is 0 Å². The monoisotopic (exact) mass is 313 g/mol. The summed E-state index contributed by atoms with van der Waals surface area (Å²) >= 11 is 0. The largest absolute Gasteiger partial charge is 0.492 e. The van der Waals surface area contributed by atoms with Crippen LogP contribution in [0.25, 0.3) is 0 Å². The van der Waals surface area contributed by atoms with E-state index in [-0.39, 0.29) is 13.1 Å². The Balaban J connectivity index is 1.90. The number of halogens is 5. The molecule has 2 rings (SSSR count). The van der Waals surface area contributed by atoms with E-state index in [0.29, 0.717) is 19.0 Å². The van der Waals surface area contributed by atoms with Gasteiger partial charge in [-0.25, -0.2) is 8.78 Å². The second kappa shape index (κ2) is 7.27. The average molecular weight is 313 g/mol. The SMILES string of the molecule is FC(F)[C@H]1CN(C[B-](F)(F)F)CCN1CC1CCCCC1. The lowest BCUT2D eigenvalue weighted by Gasteiger charge is -2.44. The lowest BCUT2D eigenvalue weighted by atomic mass is 9.88. The highest BCUT2D eigenvalue weighted by atomic mass is 19.4. The molecule has 0 unspecified atom stereocenters. The van der Waals surface area contributed by atoms with Crippen LogP contribution in [0.1, 0.15) is 32.1 Å². The van der Waals surface area contributed by atoms with Crippen LogP contribution in [0.5, 0.6) is 0 Å². The highest BCUT2D eigenvalue weighted by Crippen LogP contribution is 2.27.